The first kappa shape index (κ1) is 24.9. The quantitative estimate of drug-likeness (QED) is 0.261. The first-order valence-corrected chi connectivity index (χ1v) is 12.0. The maximum atomic E-state index is 12.5. The molecule has 2 N–H and O–H groups in total. The van der Waals surface area contributed by atoms with Crippen LogP contribution in [0.25, 0.3) is 11.0 Å². The average Bonchev–Trinajstić information content (AvgIpc) is 2.87. The van der Waals surface area contributed by atoms with E-state index in [0.29, 0.717) is 30.6 Å². The predicted molar refractivity (Wildman–Crippen MR) is 132 cm³/mol. The lowest BCUT2D eigenvalue weighted by molar-refractivity contribution is -0.133. The molecule has 0 radical (unpaired) electrons. The highest BCUT2D eigenvalue weighted by Crippen LogP contribution is 2.21. The molecule has 8 nitrogen and oxygen atoms in total. The van der Waals surface area contributed by atoms with Crippen molar-refractivity contribution in [2.45, 2.75) is 26.2 Å². The second kappa shape index (κ2) is 12.0. The number of hydrogen-bond donors (Lipinski definition) is 2. The van der Waals surface area contributed by atoms with E-state index >= 15 is 0 Å². The van der Waals surface area contributed by atoms with Gasteiger partial charge in [0, 0.05) is 36.5 Å². The van der Waals surface area contributed by atoms with Gasteiger partial charge in [0.25, 0.3) is 0 Å². The largest absolute Gasteiger partial charge is 0.492 e. The molecule has 2 aromatic carbocycles. The van der Waals surface area contributed by atoms with Gasteiger partial charge in [0.2, 0.25) is 5.91 Å². The zero-order valence-electron chi connectivity index (χ0n) is 20.0. The summed E-state index contributed by atoms with van der Waals surface area (Å²) >= 11 is 0. The summed E-state index contributed by atoms with van der Waals surface area (Å²) in [5, 5.41) is 10.1. The second-order valence-corrected chi connectivity index (χ2v) is 8.97. The normalized spacial score (nSPS) is 15.1. The van der Waals surface area contributed by atoms with Crippen molar-refractivity contribution >= 4 is 16.9 Å². The number of benzene rings is 2. The van der Waals surface area contributed by atoms with Gasteiger partial charge in [-0.1, -0.05) is 23.8 Å². The zero-order valence-corrected chi connectivity index (χ0v) is 20.0. The number of nitrogens with one attached hydrogen (secondary N) is 1. The van der Waals surface area contributed by atoms with Gasteiger partial charge >= 0.3 is 5.63 Å². The number of nitrogens with zero attached hydrogens (tertiary/aromatic N) is 1. The van der Waals surface area contributed by atoms with Crippen LogP contribution in [0.4, 0.5) is 0 Å². The molecule has 1 amide bonds. The molecule has 3 aromatic rings. The van der Waals surface area contributed by atoms with Gasteiger partial charge in [-0.15, -0.1) is 0 Å². The molecule has 1 unspecified atom stereocenters. The first-order valence-electron chi connectivity index (χ1n) is 12.0. The standard InChI is InChI=1S/C27H32N2O6/c1-19-5-8-25-22(15-19)18-23(27(31)35-25)17-21(26(30)28-32)7-6-20-3-2-4-24(16-20)34-14-11-29-9-12-33-13-10-29/h2-5,8,15-16,18,21,32H,6-7,9-14,17H2,1H3,(H,28,30). The van der Waals surface area contributed by atoms with Gasteiger partial charge < -0.3 is 13.9 Å². The van der Waals surface area contributed by atoms with Gasteiger partial charge in [-0.25, -0.2) is 10.3 Å². The fourth-order valence-corrected chi connectivity index (χ4v) is 4.36. The van der Waals surface area contributed by atoms with Gasteiger partial charge in [-0.05, 0) is 62.1 Å². The van der Waals surface area contributed by atoms with Crippen molar-refractivity contribution < 1.29 is 23.9 Å². The van der Waals surface area contributed by atoms with Crippen molar-refractivity contribution in [2.75, 3.05) is 39.5 Å². The van der Waals surface area contributed by atoms with Gasteiger partial charge in [0.1, 0.15) is 17.9 Å². The number of rotatable bonds is 10. The lowest BCUT2D eigenvalue weighted by Gasteiger charge is -2.26. The van der Waals surface area contributed by atoms with E-state index in [4.69, 9.17) is 13.9 Å². The summed E-state index contributed by atoms with van der Waals surface area (Å²) in [7, 11) is 0. The van der Waals surface area contributed by atoms with Gasteiger partial charge in [-0.3, -0.25) is 14.9 Å². The van der Waals surface area contributed by atoms with E-state index in [9.17, 15) is 14.8 Å². The number of fused-ring (bicyclic) bond motifs is 1. The molecule has 2 heterocycles. The van der Waals surface area contributed by atoms with Crippen LogP contribution in [-0.2, 0) is 22.4 Å². The molecule has 1 fully saturated rings. The fraction of sp³-hybridized carbons (Fsp3) is 0.407. The molecule has 4 rings (SSSR count). The highest BCUT2D eigenvalue weighted by molar-refractivity contribution is 5.79. The Kier molecular flexibility index (Phi) is 8.52. The molecule has 0 bridgehead atoms. The van der Waals surface area contributed by atoms with Crippen LogP contribution < -0.4 is 15.8 Å². The van der Waals surface area contributed by atoms with Crippen LogP contribution in [0.2, 0.25) is 0 Å². The number of hydrogen-bond acceptors (Lipinski definition) is 7. The average molecular weight is 481 g/mol. The molecule has 1 aliphatic rings. The van der Waals surface area contributed by atoms with E-state index in [2.05, 4.69) is 4.90 Å². The van der Waals surface area contributed by atoms with Crippen molar-refractivity contribution in [1.82, 2.24) is 10.4 Å². The summed E-state index contributed by atoms with van der Waals surface area (Å²) in [5.41, 5.74) is 4.28. The van der Waals surface area contributed by atoms with Crippen molar-refractivity contribution in [1.29, 1.82) is 0 Å². The number of amides is 1. The highest BCUT2D eigenvalue weighted by atomic mass is 16.5. The summed E-state index contributed by atoms with van der Waals surface area (Å²) in [6.07, 6.45) is 1.22. The molecule has 0 spiro atoms. The number of carbonyl (C=O) groups is 1. The maximum absolute atomic E-state index is 12.5. The Hall–Kier alpha value is -3.20. The summed E-state index contributed by atoms with van der Waals surface area (Å²) in [5.74, 6) is -0.327. The third kappa shape index (κ3) is 6.91. The molecule has 1 aromatic heterocycles. The Morgan fingerprint density at radius 2 is 2.00 bits per heavy atom. The van der Waals surface area contributed by atoms with E-state index in [1.807, 2.05) is 43.3 Å². The zero-order chi connectivity index (χ0) is 24.6. The minimum Gasteiger partial charge on any atom is -0.492 e. The summed E-state index contributed by atoms with van der Waals surface area (Å²) in [4.78, 5) is 27.2. The molecule has 1 aliphatic heterocycles. The van der Waals surface area contributed by atoms with Crippen LogP contribution in [-0.4, -0.2) is 55.5 Å². The first-order chi connectivity index (χ1) is 17.0. The van der Waals surface area contributed by atoms with E-state index < -0.39 is 17.5 Å². The number of aryl methyl sites for hydroxylation is 2. The predicted octanol–water partition coefficient (Wildman–Crippen LogP) is 3.11. The van der Waals surface area contributed by atoms with Crippen molar-refractivity contribution in [3.8, 4) is 5.75 Å². The van der Waals surface area contributed by atoms with Crippen molar-refractivity contribution in [2.24, 2.45) is 5.92 Å². The topological polar surface area (TPSA) is 101 Å². The SMILES string of the molecule is Cc1ccc2oc(=O)c(CC(CCc3cccc(OCCN4CCOCC4)c3)C(=O)NO)cc2c1. The minimum absolute atomic E-state index is 0.175. The van der Waals surface area contributed by atoms with E-state index in [0.717, 1.165) is 55.1 Å². The second-order valence-electron chi connectivity index (χ2n) is 8.97. The van der Waals surface area contributed by atoms with Crippen LogP contribution in [0.5, 0.6) is 5.75 Å². The number of hydroxylamine groups is 1. The molecule has 0 aliphatic carbocycles. The van der Waals surface area contributed by atoms with E-state index in [-0.39, 0.29) is 6.42 Å². The fourth-order valence-electron chi connectivity index (χ4n) is 4.36. The Morgan fingerprint density at radius 3 is 2.80 bits per heavy atom. The van der Waals surface area contributed by atoms with E-state index in [1.165, 1.54) is 0 Å². The minimum atomic E-state index is -0.587. The van der Waals surface area contributed by atoms with E-state index in [1.54, 1.807) is 17.6 Å². The smallest absolute Gasteiger partial charge is 0.339 e. The maximum Gasteiger partial charge on any atom is 0.339 e. The Balaban J connectivity index is 1.38. The van der Waals surface area contributed by atoms with Crippen LogP contribution in [0, 0.1) is 12.8 Å². The van der Waals surface area contributed by atoms with Crippen molar-refractivity contribution in [3.63, 3.8) is 0 Å². The Labute approximate surface area is 204 Å². The molecule has 1 saturated heterocycles. The van der Waals surface area contributed by atoms with Crippen LogP contribution in [0.15, 0.2) is 57.7 Å². The number of carbonyl (C=O) groups excluding carboxylic acids is 1. The van der Waals surface area contributed by atoms with Crippen molar-refractivity contribution in [3.05, 3.63) is 75.6 Å². The van der Waals surface area contributed by atoms with Gasteiger partial charge in [0.15, 0.2) is 0 Å². The Morgan fingerprint density at radius 1 is 1.17 bits per heavy atom. The molecule has 0 saturated carbocycles. The van der Waals surface area contributed by atoms with Gasteiger partial charge in [0.05, 0.1) is 13.2 Å². The van der Waals surface area contributed by atoms with Crippen LogP contribution >= 0.6 is 0 Å². The number of ether oxygens (including phenoxy) is 2. The molecule has 35 heavy (non-hydrogen) atoms. The third-order valence-electron chi connectivity index (χ3n) is 6.37. The van der Waals surface area contributed by atoms with Gasteiger partial charge in [-0.2, -0.15) is 0 Å². The van der Waals surface area contributed by atoms with Crippen LogP contribution in [0.1, 0.15) is 23.1 Å². The lowest BCUT2D eigenvalue weighted by Crippen LogP contribution is -2.38. The highest BCUT2D eigenvalue weighted by Gasteiger charge is 2.21. The van der Waals surface area contributed by atoms with Crippen LogP contribution in [0.3, 0.4) is 0 Å². The molecule has 1 atom stereocenters. The summed E-state index contributed by atoms with van der Waals surface area (Å²) < 4.78 is 16.7. The summed E-state index contributed by atoms with van der Waals surface area (Å²) in [6.45, 7) is 6.78. The summed E-state index contributed by atoms with van der Waals surface area (Å²) in [6, 6.07) is 15.2. The Bertz CT molecular complexity index is 1200. The molecular formula is C27H32N2O6. The molecular weight excluding hydrogens is 448 g/mol. The third-order valence-corrected chi connectivity index (χ3v) is 6.37. The molecule has 186 valence electrons. The monoisotopic (exact) mass is 480 g/mol. The number of morpholine rings is 1. The molecule has 8 heteroatoms. The lowest BCUT2D eigenvalue weighted by atomic mass is 9.92.